The summed E-state index contributed by atoms with van der Waals surface area (Å²) in [4.78, 5) is 21.9. The Morgan fingerprint density at radius 3 is 2.35 bits per heavy atom. The van der Waals surface area contributed by atoms with Crippen LogP contribution in [0.2, 0.25) is 0 Å². The Morgan fingerprint density at radius 2 is 1.75 bits per heavy atom. The summed E-state index contributed by atoms with van der Waals surface area (Å²) in [5.41, 5.74) is 1.21. The van der Waals surface area contributed by atoms with Gasteiger partial charge in [0.15, 0.2) is 0 Å². The van der Waals surface area contributed by atoms with E-state index in [1.165, 1.54) is 0 Å². The van der Waals surface area contributed by atoms with Crippen LogP contribution in [0, 0.1) is 6.92 Å². The third kappa shape index (κ3) is 6.63. The first-order valence-electron chi connectivity index (χ1n) is 7.02. The van der Waals surface area contributed by atoms with E-state index in [-0.39, 0.29) is 5.56 Å². The molecule has 0 amide bonds. The fraction of sp³-hybridized carbons (Fsp3) is 0.600. The van der Waals surface area contributed by atoms with Crippen molar-refractivity contribution in [2.75, 3.05) is 32.8 Å². The zero-order valence-corrected chi connectivity index (χ0v) is 12.8. The van der Waals surface area contributed by atoms with Crippen LogP contribution in [-0.4, -0.2) is 49.1 Å². The number of carbonyl (C=O) groups excluding carboxylic acids is 1. The largest absolute Gasteiger partial charge is 0.379 e. The second-order valence-corrected chi connectivity index (χ2v) is 4.19. The number of rotatable bonds is 3. The Hall–Kier alpha value is -1.46. The molecule has 0 saturated carbocycles. The number of morpholine rings is 1. The summed E-state index contributed by atoms with van der Waals surface area (Å²) in [6.07, 6.45) is 1.92. The predicted molar refractivity (Wildman–Crippen MR) is 81.2 cm³/mol. The van der Waals surface area contributed by atoms with Crippen LogP contribution in [0.5, 0.6) is 0 Å². The Bertz CT molecular complexity index is 412. The predicted octanol–water partition coefficient (Wildman–Crippen LogP) is 1.33. The van der Waals surface area contributed by atoms with Crippen molar-refractivity contribution >= 4 is 6.79 Å². The van der Waals surface area contributed by atoms with Gasteiger partial charge in [0.2, 0.25) is 0 Å². The second kappa shape index (κ2) is 11.4. The SMILES string of the molecule is C=O.CC.Cc1ccc(=O)n(CCN2CCOCC2)c1. The van der Waals surface area contributed by atoms with Crippen LogP contribution in [0.15, 0.2) is 23.1 Å². The Kier molecular flexibility index (Phi) is 10.5. The van der Waals surface area contributed by atoms with Crippen LogP contribution in [0.3, 0.4) is 0 Å². The molecule has 0 spiro atoms. The summed E-state index contributed by atoms with van der Waals surface area (Å²) in [6, 6.07) is 3.49. The van der Waals surface area contributed by atoms with Gasteiger partial charge < -0.3 is 14.1 Å². The molecule has 1 aromatic rings. The van der Waals surface area contributed by atoms with Crippen LogP contribution in [0.4, 0.5) is 0 Å². The van der Waals surface area contributed by atoms with Crippen molar-refractivity contribution in [3.63, 3.8) is 0 Å². The Balaban J connectivity index is 0.000000829. The number of hydrogen-bond donors (Lipinski definition) is 0. The molecular formula is C15H26N2O3. The second-order valence-electron chi connectivity index (χ2n) is 4.19. The zero-order valence-electron chi connectivity index (χ0n) is 12.8. The molecule has 0 atom stereocenters. The highest BCUT2D eigenvalue weighted by molar-refractivity contribution is 5.11. The first kappa shape index (κ1) is 18.5. The van der Waals surface area contributed by atoms with E-state index in [9.17, 15) is 4.79 Å². The number of aryl methyl sites for hydroxylation is 1. The van der Waals surface area contributed by atoms with E-state index in [2.05, 4.69) is 4.90 Å². The minimum atomic E-state index is 0.0823. The van der Waals surface area contributed by atoms with Crippen molar-refractivity contribution in [2.24, 2.45) is 0 Å². The maximum atomic E-state index is 11.6. The lowest BCUT2D eigenvalue weighted by atomic mass is 10.3. The molecule has 1 aliphatic heterocycles. The van der Waals surface area contributed by atoms with Gasteiger partial charge in [-0.2, -0.15) is 0 Å². The first-order valence-corrected chi connectivity index (χ1v) is 7.02. The summed E-state index contributed by atoms with van der Waals surface area (Å²) in [6.45, 7) is 13.3. The quantitative estimate of drug-likeness (QED) is 0.839. The first-order chi connectivity index (χ1) is 9.75. The smallest absolute Gasteiger partial charge is 0.250 e. The average molecular weight is 282 g/mol. The molecule has 114 valence electrons. The highest BCUT2D eigenvalue weighted by Crippen LogP contribution is 1.98. The standard InChI is InChI=1S/C12H18N2O2.C2H6.CH2O/c1-11-2-3-12(15)14(10-11)5-4-13-6-8-16-9-7-13;2*1-2/h2-3,10H,4-9H2,1H3;1-2H3;1H2. The van der Waals surface area contributed by atoms with Gasteiger partial charge in [-0.1, -0.05) is 19.9 Å². The van der Waals surface area contributed by atoms with Gasteiger partial charge in [-0.3, -0.25) is 9.69 Å². The van der Waals surface area contributed by atoms with Crippen LogP contribution in [-0.2, 0) is 16.1 Å². The van der Waals surface area contributed by atoms with E-state index in [0.29, 0.717) is 0 Å². The molecule has 0 bridgehead atoms. The van der Waals surface area contributed by atoms with E-state index < -0.39 is 0 Å². The van der Waals surface area contributed by atoms with Crippen molar-refractivity contribution in [3.05, 3.63) is 34.2 Å². The van der Waals surface area contributed by atoms with Crippen molar-refractivity contribution in [2.45, 2.75) is 27.3 Å². The molecule has 0 radical (unpaired) electrons. The van der Waals surface area contributed by atoms with Crippen molar-refractivity contribution in [1.29, 1.82) is 0 Å². The molecule has 20 heavy (non-hydrogen) atoms. The van der Waals surface area contributed by atoms with E-state index in [4.69, 9.17) is 9.53 Å². The van der Waals surface area contributed by atoms with E-state index >= 15 is 0 Å². The van der Waals surface area contributed by atoms with Crippen molar-refractivity contribution in [3.8, 4) is 0 Å². The molecule has 2 rings (SSSR count). The van der Waals surface area contributed by atoms with E-state index in [0.717, 1.165) is 45.0 Å². The lowest BCUT2D eigenvalue weighted by molar-refractivity contribution is -0.0979. The van der Waals surface area contributed by atoms with Gasteiger partial charge in [0.25, 0.3) is 5.56 Å². The summed E-state index contributed by atoms with van der Waals surface area (Å²) in [5.74, 6) is 0. The minimum absolute atomic E-state index is 0.0823. The van der Waals surface area contributed by atoms with Crippen LogP contribution in [0.25, 0.3) is 0 Å². The van der Waals surface area contributed by atoms with Gasteiger partial charge in [-0.15, -0.1) is 0 Å². The van der Waals surface area contributed by atoms with Gasteiger partial charge >= 0.3 is 0 Å². The number of hydrogen-bond acceptors (Lipinski definition) is 4. The number of ether oxygens (including phenoxy) is 1. The van der Waals surface area contributed by atoms with Crippen molar-refractivity contribution < 1.29 is 9.53 Å². The number of aromatic nitrogens is 1. The number of nitrogens with zero attached hydrogens (tertiary/aromatic N) is 2. The fourth-order valence-electron chi connectivity index (χ4n) is 1.90. The summed E-state index contributed by atoms with van der Waals surface area (Å²) in [7, 11) is 0. The van der Waals surface area contributed by atoms with Crippen LogP contribution < -0.4 is 5.56 Å². The maximum absolute atomic E-state index is 11.6. The molecule has 1 fully saturated rings. The highest BCUT2D eigenvalue weighted by atomic mass is 16.5. The molecule has 5 heteroatoms. The molecule has 1 aliphatic rings. The molecular weight excluding hydrogens is 256 g/mol. The van der Waals surface area contributed by atoms with Gasteiger partial charge in [0.1, 0.15) is 6.79 Å². The highest BCUT2D eigenvalue weighted by Gasteiger charge is 2.09. The monoisotopic (exact) mass is 282 g/mol. The molecule has 2 heterocycles. The zero-order chi connectivity index (χ0) is 15.4. The summed E-state index contributed by atoms with van der Waals surface area (Å²) >= 11 is 0. The van der Waals surface area contributed by atoms with Gasteiger partial charge in [0, 0.05) is 38.4 Å². The molecule has 0 aliphatic carbocycles. The maximum Gasteiger partial charge on any atom is 0.250 e. The van der Waals surface area contributed by atoms with E-state index in [1.807, 2.05) is 39.8 Å². The van der Waals surface area contributed by atoms with Crippen LogP contribution >= 0.6 is 0 Å². The van der Waals surface area contributed by atoms with Crippen LogP contribution in [0.1, 0.15) is 19.4 Å². The molecule has 1 aromatic heterocycles. The molecule has 0 unspecified atom stereocenters. The lowest BCUT2D eigenvalue weighted by Gasteiger charge is -2.26. The normalized spacial score (nSPS) is 14.6. The summed E-state index contributed by atoms with van der Waals surface area (Å²) < 4.78 is 7.07. The summed E-state index contributed by atoms with van der Waals surface area (Å²) in [5, 5.41) is 0. The van der Waals surface area contributed by atoms with Gasteiger partial charge in [-0.05, 0) is 12.5 Å². The molecule has 1 saturated heterocycles. The van der Waals surface area contributed by atoms with Gasteiger partial charge in [-0.25, -0.2) is 0 Å². The lowest BCUT2D eigenvalue weighted by Crippen LogP contribution is -2.39. The fourth-order valence-corrected chi connectivity index (χ4v) is 1.90. The minimum Gasteiger partial charge on any atom is -0.379 e. The molecule has 5 nitrogen and oxygen atoms in total. The van der Waals surface area contributed by atoms with Crippen molar-refractivity contribution in [1.82, 2.24) is 9.47 Å². The Labute approximate surface area is 121 Å². The third-order valence-corrected chi connectivity index (χ3v) is 2.89. The molecule has 0 aromatic carbocycles. The van der Waals surface area contributed by atoms with E-state index in [1.54, 1.807) is 10.6 Å². The Morgan fingerprint density at radius 1 is 1.15 bits per heavy atom. The number of carbonyl (C=O) groups is 1. The number of pyridine rings is 1. The topological polar surface area (TPSA) is 51.5 Å². The third-order valence-electron chi connectivity index (χ3n) is 2.89. The molecule has 0 N–H and O–H groups in total. The average Bonchev–Trinajstić information content (AvgIpc) is 2.53. The van der Waals surface area contributed by atoms with Gasteiger partial charge in [0.05, 0.1) is 13.2 Å².